The minimum Gasteiger partial charge on any atom is -0.389 e. The summed E-state index contributed by atoms with van der Waals surface area (Å²) in [5.41, 5.74) is 0. The highest BCUT2D eigenvalue weighted by Gasteiger charge is 2.04. The number of carbonyl (C=O) groups is 2. The van der Waals surface area contributed by atoms with Crippen LogP contribution in [0.2, 0.25) is 0 Å². The maximum Gasteiger partial charge on any atom is 0.217 e. The first-order valence-electron chi connectivity index (χ1n) is 4.53. The Kier molecular flexibility index (Phi) is 7.51. The van der Waals surface area contributed by atoms with E-state index >= 15 is 0 Å². The Bertz CT molecular complexity index is 196. The molecule has 0 saturated heterocycles. The van der Waals surface area contributed by atoms with Crippen LogP contribution in [0.25, 0.3) is 0 Å². The van der Waals surface area contributed by atoms with E-state index in [1.54, 1.807) is 11.8 Å². The summed E-state index contributed by atoms with van der Waals surface area (Å²) in [5.74, 6) is 1.32. The number of aliphatic hydroxyl groups is 1. The first kappa shape index (κ1) is 13.4. The molecule has 0 bridgehead atoms. The summed E-state index contributed by atoms with van der Waals surface area (Å²) in [4.78, 5) is 21.3. The maximum absolute atomic E-state index is 10.7. The number of rotatable bonds is 7. The third kappa shape index (κ3) is 8.07. The molecule has 0 aromatic carbocycles. The summed E-state index contributed by atoms with van der Waals surface area (Å²) in [6.07, 6.45) is 0.397. The molecule has 0 saturated carbocycles. The summed E-state index contributed by atoms with van der Waals surface area (Å²) in [6.45, 7) is 3.03. The molecule has 0 aromatic rings. The van der Waals surface area contributed by atoms with Gasteiger partial charge in [-0.25, -0.2) is 0 Å². The zero-order chi connectivity index (χ0) is 11.0. The smallest absolute Gasteiger partial charge is 0.217 e. The topological polar surface area (TPSA) is 66.4 Å². The number of hydrogen-bond acceptors (Lipinski definition) is 4. The standard InChI is InChI=1S/C9H17NO3S/c1-7(10-8(2)12)6-14-4-3-9(13)5-11/h7,11H,3-6H2,1-2H3,(H,10,12)/t7-/m1/s1. The van der Waals surface area contributed by atoms with Gasteiger partial charge >= 0.3 is 0 Å². The number of carbonyl (C=O) groups excluding carboxylic acids is 2. The molecule has 1 amide bonds. The van der Waals surface area contributed by atoms with Gasteiger partial charge in [0, 0.05) is 30.9 Å². The molecule has 0 aromatic heterocycles. The quantitative estimate of drug-likeness (QED) is 0.600. The monoisotopic (exact) mass is 219 g/mol. The van der Waals surface area contributed by atoms with Gasteiger partial charge < -0.3 is 10.4 Å². The maximum atomic E-state index is 10.7. The second-order valence-electron chi connectivity index (χ2n) is 3.12. The third-order valence-corrected chi connectivity index (χ3v) is 2.75. The fourth-order valence-electron chi connectivity index (χ4n) is 0.914. The van der Waals surface area contributed by atoms with E-state index in [-0.39, 0.29) is 24.3 Å². The van der Waals surface area contributed by atoms with Crippen LogP contribution in [0.3, 0.4) is 0 Å². The van der Waals surface area contributed by atoms with Gasteiger partial charge in [0.15, 0.2) is 5.78 Å². The van der Waals surface area contributed by atoms with Crippen molar-refractivity contribution in [3.63, 3.8) is 0 Å². The summed E-state index contributed by atoms with van der Waals surface area (Å²) >= 11 is 1.60. The van der Waals surface area contributed by atoms with E-state index in [2.05, 4.69) is 5.32 Å². The lowest BCUT2D eigenvalue weighted by atomic mass is 10.3. The van der Waals surface area contributed by atoms with Crippen molar-refractivity contribution in [2.75, 3.05) is 18.1 Å². The fourth-order valence-corrected chi connectivity index (χ4v) is 1.89. The number of aliphatic hydroxyl groups excluding tert-OH is 1. The summed E-state index contributed by atoms with van der Waals surface area (Å²) in [7, 11) is 0. The summed E-state index contributed by atoms with van der Waals surface area (Å²) in [5, 5.41) is 11.2. The highest BCUT2D eigenvalue weighted by molar-refractivity contribution is 7.99. The fraction of sp³-hybridized carbons (Fsp3) is 0.778. The van der Waals surface area contributed by atoms with Crippen molar-refractivity contribution >= 4 is 23.5 Å². The number of hydrogen-bond donors (Lipinski definition) is 2. The molecule has 14 heavy (non-hydrogen) atoms. The third-order valence-electron chi connectivity index (χ3n) is 1.52. The highest BCUT2D eigenvalue weighted by atomic mass is 32.2. The Morgan fingerprint density at radius 3 is 2.64 bits per heavy atom. The molecule has 0 aliphatic rings. The van der Waals surface area contributed by atoms with Crippen molar-refractivity contribution in [2.45, 2.75) is 26.3 Å². The van der Waals surface area contributed by atoms with Gasteiger partial charge in [-0.15, -0.1) is 0 Å². The predicted octanol–water partition coefficient (Wildman–Crippen LogP) is 0.196. The average molecular weight is 219 g/mol. The number of amides is 1. The normalized spacial score (nSPS) is 12.2. The SMILES string of the molecule is CC(=O)N[C@H](C)CSCCC(=O)CO. The van der Waals surface area contributed by atoms with Crippen LogP contribution in [0.1, 0.15) is 20.3 Å². The van der Waals surface area contributed by atoms with Crippen molar-refractivity contribution in [3.05, 3.63) is 0 Å². The zero-order valence-electron chi connectivity index (χ0n) is 8.58. The molecular weight excluding hydrogens is 202 g/mol. The summed E-state index contributed by atoms with van der Waals surface area (Å²) < 4.78 is 0. The van der Waals surface area contributed by atoms with Gasteiger partial charge in [0.05, 0.1) is 0 Å². The number of nitrogens with one attached hydrogen (secondary N) is 1. The van der Waals surface area contributed by atoms with E-state index in [4.69, 9.17) is 5.11 Å². The van der Waals surface area contributed by atoms with Crippen molar-refractivity contribution in [1.82, 2.24) is 5.32 Å². The van der Waals surface area contributed by atoms with Crippen LogP contribution < -0.4 is 5.32 Å². The second-order valence-corrected chi connectivity index (χ2v) is 4.27. The molecule has 0 radical (unpaired) electrons. The van der Waals surface area contributed by atoms with Gasteiger partial charge in [-0.05, 0) is 6.92 Å². The number of thioether (sulfide) groups is 1. The molecule has 0 heterocycles. The van der Waals surface area contributed by atoms with E-state index in [9.17, 15) is 9.59 Å². The van der Waals surface area contributed by atoms with Gasteiger partial charge in [-0.1, -0.05) is 0 Å². The summed E-state index contributed by atoms with van der Waals surface area (Å²) in [6, 6.07) is 0.127. The van der Waals surface area contributed by atoms with E-state index in [1.165, 1.54) is 6.92 Å². The van der Waals surface area contributed by atoms with Crippen LogP contribution in [0, 0.1) is 0 Å². The lowest BCUT2D eigenvalue weighted by molar-refractivity contribution is -0.121. The predicted molar refractivity (Wildman–Crippen MR) is 57.3 cm³/mol. The molecule has 0 spiro atoms. The molecule has 82 valence electrons. The molecule has 0 aliphatic heterocycles. The first-order valence-corrected chi connectivity index (χ1v) is 5.69. The molecule has 4 nitrogen and oxygen atoms in total. The van der Waals surface area contributed by atoms with E-state index in [1.807, 2.05) is 6.92 Å². The Balaban J connectivity index is 3.35. The lowest BCUT2D eigenvalue weighted by Gasteiger charge is -2.11. The molecule has 0 unspecified atom stereocenters. The van der Waals surface area contributed by atoms with Crippen molar-refractivity contribution < 1.29 is 14.7 Å². The second kappa shape index (κ2) is 7.82. The first-order chi connectivity index (χ1) is 6.56. The number of ketones is 1. The van der Waals surface area contributed by atoms with Crippen molar-refractivity contribution in [3.8, 4) is 0 Å². The van der Waals surface area contributed by atoms with Crippen LogP contribution in [-0.4, -0.2) is 41.0 Å². The molecule has 1 atom stereocenters. The van der Waals surface area contributed by atoms with Crippen molar-refractivity contribution in [2.24, 2.45) is 0 Å². The van der Waals surface area contributed by atoms with Crippen LogP contribution in [0.15, 0.2) is 0 Å². The van der Waals surface area contributed by atoms with Gasteiger partial charge in [-0.2, -0.15) is 11.8 Å². The van der Waals surface area contributed by atoms with Crippen LogP contribution in [-0.2, 0) is 9.59 Å². The van der Waals surface area contributed by atoms with Gasteiger partial charge in [0.25, 0.3) is 0 Å². The lowest BCUT2D eigenvalue weighted by Crippen LogP contribution is -2.32. The van der Waals surface area contributed by atoms with Gasteiger partial charge in [0.1, 0.15) is 6.61 Å². The van der Waals surface area contributed by atoms with Crippen molar-refractivity contribution in [1.29, 1.82) is 0 Å². The Labute approximate surface area is 88.4 Å². The average Bonchev–Trinajstić information content (AvgIpc) is 2.10. The van der Waals surface area contributed by atoms with Crippen LogP contribution >= 0.6 is 11.8 Å². The molecule has 5 heteroatoms. The van der Waals surface area contributed by atoms with Gasteiger partial charge in [0.2, 0.25) is 5.91 Å². The van der Waals surface area contributed by atoms with E-state index in [0.29, 0.717) is 12.2 Å². The van der Waals surface area contributed by atoms with Crippen LogP contribution in [0.4, 0.5) is 0 Å². The van der Waals surface area contributed by atoms with Gasteiger partial charge in [-0.3, -0.25) is 9.59 Å². The number of Topliss-reactive ketones (excluding diaryl/α,β-unsaturated/α-hetero) is 1. The molecule has 0 rings (SSSR count). The Morgan fingerprint density at radius 1 is 1.50 bits per heavy atom. The minimum atomic E-state index is -0.373. The zero-order valence-corrected chi connectivity index (χ0v) is 9.39. The molecular formula is C9H17NO3S. The molecule has 0 aliphatic carbocycles. The van der Waals surface area contributed by atoms with Crippen LogP contribution in [0.5, 0.6) is 0 Å². The largest absolute Gasteiger partial charge is 0.389 e. The molecule has 0 fully saturated rings. The van der Waals surface area contributed by atoms with E-state index < -0.39 is 0 Å². The Hall–Kier alpha value is -0.550. The van der Waals surface area contributed by atoms with E-state index in [0.717, 1.165) is 5.75 Å². The Morgan fingerprint density at radius 2 is 2.14 bits per heavy atom. The highest BCUT2D eigenvalue weighted by Crippen LogP contribution is 2.04. The minimum absolute atomic E-state index is 0.0375. The molecule has 2 N–H and O–H groups in total.